The summed E-state index contributed by atoms with van der Waals surface area (Å²) in [7, 11) is 0. The summed E-state index contributed by atoms with van der Waals surface area (Å²) in [6, 6.07) is 13.5. The molecule has 0 fully saturated rings. The van der Waals surface area contributed by atoms with Gasteiger partial charge in [0.2, 0.25) is 5.91 Å². The topological polar surface area (TPSA) is 96.0 Å². The van der Waals surface area contributed by atoms with Crippen molar-refractivity contribution in [3.8, 4) is 5.40 Å². The van der Waals surface area contributed by atoms with Crippen LogP contribution in [0.2, 0.25) is 0 Å². The number of nitriles is 1. The minimum absolute atomic E-state index is 0.207. The first-order valence-corrected chi connectivity index (χ1v) is 7.54. The summed E-state index contributed by atoms with van der Waals surface area (Å²) in [5, 5.41) is 24.2. The monoisotopic (exact) mass is 327 g/mol. The molecule has 0 aliphatic carbocycles. The standard InChI is InChI=1S/C16H13N3O3S/c1-11(12-5-3-2-4-6-12)16(20)18-13-7-8-15(23-10-17)14(9-13)19(21)22/h2-9,11H,1H3,(H,18,20)/t11-/m0/s1. The van der Waals surface area contributed by atoms with Crippen LogP contribution in [0, 0.1) is 20.8 Å². The predicted octanol–water partition coefficient (Wildman–Crippen LogP) is 3.91. The van der Waals surface area contributed by atoms with Crippen molar-refractivity contribution in [1.82, 2.24) is 0 Å². The number of nitrogens with one attached hydrogen (secondary N) is 1. The Morgan fingerprint density at radius 1 is 1.30 bits per heavy atom. The van der Waals surface area contributed by atoms with Crippen LogP contribution >= 0.6 is 11.8 Å². The van der Waals surface area contributed by atoms with E-state index in [4.69, 9.17) is 5.26 Å². The van der Waals surface area contributed by atoms with Gasteiger partial charge in [-0.15, -0.1) is 0 Å². The van der Waals surface area contributed by atoms with Gasteiger partial charge in [-0.25, -0.2) is 0 Å². The lowest BCUT2D eigenvalue weighted by Gasteiger charge is -2.12. The number of nitro benzene ring substituents is 1. The summed E-state index contributed by atoms with van der Waals surface area (Å²) < 4.78 is 0. The summed E-state index contributed by atoms with van der Waals surface area (Å²) in [6.45, 7) is 1.76. The van der Waals surface area contributed by atoms with Gasteiger partial charge in [-0.1, -0.05) is 30.3 Å². The lowest BCUT2D eigenvalue weighted by molar-refractivity contribution is -0.387. The third-order valence-electron chi connectivity index (χ3n) is 3.27. The molecule has 6 nitrogen and oxygen atoms in total. The van der Waals surface area contributed by atoms with Crippen molar-refractivity contribution < 1.29 is 9.72 Å². The molecule has 0 heterocycles. The van der Waals surface area contributed by atoms with E-state index in [2.05, 4.69) is 5.32 Å². The molecule has 1 amide bonds. The van der Waals surface area contributed by atoms with Crippen LogP contribution in [-0.2, 0) is 4.79 Å². The number of nitro groups is 1. The molecule has 1 N–H and O–H groups in total. The van der Waals surface area contributed by atoms with Gasteiger partial charge >= 0.3 is 0 Å². The maximum absolute atomic E-state index is 12.3. The minimum atomic E-state index is -0.573. The number of carbonyl (C=O) groups excluding carboxylic acids is 1. The summed E-state index contributed by atoms with van der Waals surface area (Å²) in [4.78, 5) is 23.0. The van der Waals surface area contributed by atoms with Crippen molar-refractivity contribution in [2.24, 2.45) is 0 Å². The molecule has 0 aromatic heterocycles. The van der Waals surface area contributed by atoms with Crippen molar-refractivity contribution in [2.75, 3.05) is 5.32 Å². The Hall–Kier alpha value is -2.85. The summed E-state index contributed by atoms with van der Waals surface area (Å²) in [5.41, 5.74) is 0.977. The van der Waals surface area contributed by atoms with Gasteiger partial charge in [-0.2, -0.15) is 5.26 Å². The van der Waals surface area contributed by atoms with Crippen molar-refractivity contribution in [3.05, 3.63) is 64.2 Å². The van der Waals surface area contributed by atoms with E-state index in [0.29, 0.717) is 17.4 Å². The molecule has 0 saturated heterocycles. The first kappa shape index (κ1) is 16.5. The number of carbonyl (C=O) groups is 1. The Kier molecular flexibility index (Phi) is 5.33. The number of hydrogen-bond donors (Lipinski definition) is 1. The van der Waals surface area contributed by atoms with E-state index in [0.717, 1.165) is 5.56 Å². The second-order valence-corrected chi connectivity index (χ2v) is 5.58. The smallest absolute Gasteiger partial charge is 0.286 e. The highest BCUT2D eigenvalue weighted by atomic mass is 32.2. The maximum Gasteiger partial charge on any atom is 0.286 e. The molecule has 23 heavy (non-hydrogen) atoms. The largest absolute Gasteiger partial charge is 0.325 e. The lowest BCUT2D eigenvalue weighted by Crippen LogP contribution is -2.18. The molecule has 2 aromatic carbocycles. The molecule has 2 rings (SSSR count). The van der Waals surface area contributed by atoms with E-state index in [1.54, 1.807) is 18.4 Å². The highest BCUT2D eigenvalue weighted by Gasteiger charge is 2.19. The summed E-state index contributed by atoms with van der Waals surface area (Å²) in [5.74, 6) is -0.644. The maximum atomic E-state index is 12.3. The van der Waals surface area contributed by atoms with Crippen LogP contribution in [0.3, 0.4) is 0 Å². The van der Waals surface area contributed by atoms with Gasteiger partial charge in [0.25, 0.3) is 5.69 Å². The van der Waals surface area contributed by atoms with Gasteiger partial charge in [-0.3, -0.25) is 14.9 Å². The van der Waals surface area contributed by atoms with Crippen LogP contribution in [0.15, 0.2) is 53.4 Å². The number of amides is 1. The second kappa shape index (κ2) is 7.42. The number of rotatable bonds is 5. The van der Waals surface area contributed by atoms with Gasteiger partial charge in [0.05, 0.1) is 10.8 Å². The quantitative estimate of drug-likeness (QED) is 0.389. The number of nitrogens with zero attached hydrogens (tertiary/aromatic N) is 2. The molecule has 0 radical (unpaired) electrons. The zero-order chi connectivity index (χ0) is 16.8. The molecule has 0 aliphatic rings. The number of thiocyanates is 1. The molecule has 0 aliphatic heterocycles. The average Bonchev–Trinajstić information content (AvgIpc) is 2.56. The Morgan fingerprint density at radius 3 is 2.61 bits per heavy atom. The van der Waals surface area contributed by atoms with E-state index in [-0.39, 0.29) is 22.4 Å². The third-order valence-corrected chi connectivity index (χ3v) is 3.93. The fourth-order valence-corrected chi connectivity index (χ4v) is 2.49. The first-order valence-electron chi connectivity index (χ1n) is 6.73. The number of hydrogen-bond acceptors (Lipinski definition) is 5. The van der Waals surface area contributed by atoms with Crippen LogP contribution in [0.1, 0.15) is 18.4 Å². The van der Waals surface area contributed by atoms with Gasteiger partial charge in [0, 0.05) is 11.8 Å². The summed E-state index contributed by atoms with van der Waals surface area (Å²) in [6.07, 6.45) is 0. The van der Waals surface area contributed by atoms with E-state index in [9.17, 15) is 14.9 Å². The Morgan fingerprint density at radius 2 is 2.00 bits per heavy atom. The minimum Gasteiger partial charge on any atom is -0.325 e. The van der Waals surface area contributed by atoms with Gasteiger partial charge in [-0.05, 0) is 36.4 Å². The summed E-state index contributed by atoms with van der Waals surface area (Å²) >= 11 is 0.712. The van der Waals surface area contributed by atoms with Gasteiger partial charge < -0.3 is 5.32 Å². The number of benzene rings is 2. The van der Waals surface area contributed by atoms with Gasteiger partial charge in [0.1, 0.15) is 10.3 Å². The zero-order valence-electron chi connectivity index (χ0n) is 12.2. The number of thioether (sulfide) groups is 1. The van der Waals surface area contributed by atoms with Crippen LogP contribution in [-0.4, -0.2) is 10.8 Å². The van der Waals surface area contributed by atoms with Crippen LogP contribution in [0.25, 0.3) is 0 Å². The van der Waals surface area contributed by atoms with E-state index in [1.807, 2.05) is 30.3 Å². The van der Waals surface area contributed by atoms with Crippen molar-refractivity contribution in [1.29, 1.82) is 5.26 Å². The molecule has 7 heteroatoms. The molecule has 0 unspecified atom stereocenters. The molecular weight excluding hydrogens is 314 g/mol. The zero-order valence-corrected chi connectivity index (χ0v) is 13.0. The molecule has 0 saturated carbocycles. The van der Waals surface area contributed by atoms with Crippen LogP contribution in [0.4, 0.5) is 11.4 Å². The Bertz CT molecular complexity index is 772. The van der Waals surface area contributed by atoms with Crippen LogP contribution < -0.4 is 5.32 Å². The van der Waals surface area contributed by atoms with Crippen molar-refractivity contribution in [2.45, 2.75) is 17.7 Å². The van der Waals surface area contributed by atoms with E-state index < -0.39 is 4.92 Å². The number of anilines is 1. The second-order valence-electron chi connectivity index (χ2n) is 4.75. The van der Waals surface area contributed by atoms with Crippen LogP contribution in [0.5, 0.6) is 0 Å². The first-order chi connectivity index (χ1) is 11.0. The predicted molar refractivity (Wildman–Crippen MR) is 88.1 cm³/mol. The normalized spacial score (nSPS) is 11.3. The Labute approximate surface area is 137 Å². The van der Waals surface area contributed by atoms with Crippen molar-refractivity contribution >= 4 is 29.0 Å². The molecule has 0 spiro atoms. The molecule has 2 aromatic rings. The lowest BCUT2D eigenvalue weighted by atomic mass is 10.0. The fraction of sp³-hybridized carbons (Fsp3) is 0.125. The SMILES string of the molecule is C[C@H](C(=O)Nc1ccc(SC#N)c([N+](=O)[O-])c1)c1ccccc1. The molecule has 116 valence electrons. The average molecular weight is 327 g/mol. The molecule has 1 atom stereocenters. The third kappa shape index (κ3) is 4.08. The van der Waals surface area contributed by atoms with E-state index >= 15 is 0 Å². The Balaban J connectivity index is 2.20. The van der Waals surface area contributed by atoms with E-state index in [1.165, 1.54) is 12.1 Å². The highest BCUT2D eigenvalue weighted by molar-refractivity contribution is 8.03. The fourth-order valence-electron chi connectivity index (χ4n) is 2.02. The highest BCUT2D eigenvalue weighted by Crippen LogP contribution is 2.31. The van der Waals surface area contributed by atoms with Gasteiger partial charge in [0.15, 0.2) is 0 Å². The molecular formula is C16H13N3O3S. The van der Waals surface area contributed by atoms with Crippen molar-refractivity contribution in [3.63, 3.8) is 0 Å². The molecule has 0 bridgehead atoms.